The maximum atomic E-state index is 6.32. The summed E-state index contributed by atoms with van der Waals surface area (Å²) >= 11 is 10.0. The minimum absolute atomic E-state index is 0.00964. The summed E-state index contributed by atoms with van der Waals surface area (Å²) in [6.07, 6.45) is 0. The maximum Gasteiger partial charge on any atom is 0.122 e. The van der Waals surface area contributed by atoms with Gasteiger partial charge in [0, 0.05) is 5.02 Å². The Labute approximate surface area is 132 Å². The molecule has 20 heavy (non-hydrogen) atoms. The molecule has 0 heterocycles. The fourth-order valence-corrected chi connectivity index (χ4v) is 3.11. The number of alkyl halides is 1. The Morgan fingerprint density at radius 2 is 1.80 bits per heavy atom. The van der Waals surface area contributed by atoms with Crippen molar-refractivity contribution in [1.82, 2.24) is 0 Å². The van der Waals surface area contributed by atoms with E-state index >= 15 is 0 Å². The van der Waals surface area contributed by atoms with Crippen LogP contribution in [0.5, 0.6) is 11.5 Å². The third-order valence-electron chi connectivity index (χ3n) is 3.21. The summed E-state index contributed by atoms with van der Waals surface area (Å²) in [6, 6.07) is 11.8. The zero-order valence-corrected chi connectivity index (χ0v) is 14.0. The lowest BCUT2D eigenvalue weighted by molar-refractivity contribution is 0.411. The van der Waals surface area contributed by atoms with Crippen molar-refractivity contribution in [1.29, 1.82) is 0 Å². The summed E-state index contributed by atoms with van der Waals surface area (Å²) in [5.41, 5.74) is 3.20. The van der Waals surface area contributed by atoms with Gasteiger partial charge in [-0.2, -0.15) is 0 Å². The van der Waals surface area contributed by atoms with E-state index < -0.39 is 0 Å². The SMILES string of the molecule is COc1ccc(C(Br)c2ccc(C)c(OC)c2)c(Cl)c1. The second-order valence-electron chi connectivity index (χ2n) is 4.48. The number of methoxy groups -OCH3 is 2. The van der Waals surface area contributed by atoms with E-state index in [0.29, 0.717) is 5.02 Å². The van der Waals surface area contributed by atoms with Crippen molar-refractivity contribution in [2.24, 2.45) is 0 Å². The van der Waals surface area contributed by atoms with Gasteiger partial charge < -0.3 is 9.47 Å². The molecule has 0 aliphatic rings. The van der Waals surface area contributed by atoms with Gasteiger partial charge in [-0.25, -0.2) is 0 Å². The summed E-state index contributed by atoms with van der Waals surface area (Å²) < 4.78 is 10.5. The Balaban J connectivity index is 2.38. The molecule has 0 aliphatic carbocycles. The molecule has 2 aromatic carbocycles. The van der Waals surface area contributed by atoms with Crippen molar-refractivity contribution < 1.29 is 9.47 Å². The molecular formula is C16H16BrClO2. The molecule has 2 nitrogen and oxygen atoms in total. The maximum absolute atomic E-state index is 6.32. The molecule has 0 saturated carbocycles. The van der Waals surface area contributed by atoms with Crippen LogP contribution >= 0.6 is 27.5 Å². The quantitative estimate of drug-likeness (QED) is 0.706. The molecule has 0 N–H and O–H groups in total. The molecule has 106 valence electrons. The van der Waals surface area contributed by atoms with E-state index in [1.807, 2.05) is 37.3 Å². The molecule has 2 aromatic rings. The molecule has 1 unspecified atom stereocenters. The lowest BCUT2D eigenvalue weighted by Gasteiger charge is -2.15. The van der Waals surface area contributed by atoms with Gasteiger partial charge >= 0.3 is 0 Å². The standard InChI is InChI=1S/C16H16BrClO2/c1-10-4-5-11(8-15(10)20-3)16(17)13-7-6-12(19-2)9-14(13)18/h4-9,16H,1-3H3. The Morgan fingerprint density at radius 1 is 1.05 bits per heavy atom. The number of ether oxygens (including phenoxy) is 2. The summed E-state index contributed by atoms with van der Waals surface area (Å²) in [5.74, 6) is 1.62. The second kappa shape index (κ2) is 6.51. The van der Waals surface area contributed by atoms with E-state index in [9.17, 15) is 0 Å². The van der Waals surface area contributed by atoms with Crippen molar-refractivity contribution in [3.8, 4) is 11.5 Å². The third-order valence-corrected chi connectivity index (χ3v) is 4.55. The van der Waals surface area contributed by atoms with Crippen molar-refractivity contribution in [3.05, 3.63) is 58.1 Å². The second-order valence-corrected chi connectivity index (χ2v) is 5.80. The lowest BCUT2D eigenvalue weighted by Crippen LogP contribution is -1.96. The van der Waals surface area contributed by atoms with Crippen LogP contribution in [0.2, 0.25) is 5.02 Å². The molecule has 0 aromatic heterocycles. The largest absolute Gasteiger partial charge is 0.497 e. The van der Waals surface area contributed by atoms with Crippen LogP contribution in [0.4, 0.5) is 0 Å². The number of halogens is 2. The van der Waals surface area contributed by atoms with Gasteiger partial charge in [0.15, 0.2) is 0 Å². The molecule has 1 atom stereocenters. The van der Waals surface area contributed by atoms with E-state index in [-0.39, 0.29) is 4.83 Å². The van der Waals surface area contributed by atoms with E-state index in [4.69, 9.17) is 21.1 Å². The molecule has 0 aliphatic heterocycles. The highest BCUT2D eigenvalue weighted by Crippen LogP contribution is 2.38. The molecule has 4 heteroatoms. The highest BCUT2D eigenvalue weighted by molar-refractivity contribution is 9.09. The molecule has 0 radical (unpaired) electrons. The molecule has 0 fully saturated rings. The van der Waals surface area contributed by atoms with Crippen LogP contribution in [0.3, 0.4) is 0 Å². The predicted octanol–water partition coefficient (Wildman–Crippen LogP) is 5.15. The van der Waals surface area contributed by atoms with E-state index in [1.54, 1.807) is 14.2 Å². The van der Waals surface area contributed by atoms with Crippen LogP contribution in [-0.4, -0.2) is 14.2 Å². The van der Waals surface area contributed by atoms with Gasteiger partial charge in [-0.3, -0.25) is 0 Å². The first kappa shape index (κ1) is 15.2. The zero-order valence-electron chi connectivity index (χ0n) is 11.6. The molecule has 2 rings (SSSR count). The predicted molar refractivity (Wildman–Crippen MR) is 86.5 cm³/mol. The first-order chi connectivity index (χ1) is 9.56. The number of hydrogen-bond donors (Lipinski definition) is 0. The van der Waals surface area contributed by atoms with E-state index in [0.717, 1.165) is 28.2 Å². The van der Waals surface area contributed by atoms with E-state index in [1.165, 1.54) is 0 Å². The number of benzene rings is 2. The smallest absolute Gasteiger partial charge is 0.122 e. The molecule has 0 bridgehead atoms. The minimum atomic E-state index is 0.00964. The normalized spacial score (nSPS) is 12.1. The van der Waals surface area contributed by atoms with Gasteiger partial charge in [0.1, 0.15) is 11.5 Å². The fraction of sp³-hybridized carbons (Fsp3) is 0.250. The first-order valence-corrected chi connectivity index (χ1v) is 7.48. The van der Waals surface area contributed by atoms with Gasteiger partial charge in [-0.05, 0) is 41.8 Å². The Morgan fingerprint density at radius 3 is 2.40 bits per heavy atom. The van der Waals surface area contributed by atoms with Gasteiger partial charge in [-0.15, -0.1) is 0 Å². The topological polar surface area (TPSA) is 18.5 Å². The van der Waals surface area contributed by atoms with Crippen molar-refractivity contribution >= 4 is 27.5 Å². The Hall–Kier alpha value is -1.19. The van der Waals surface area contributed by atoms with Crippen LogP contribution in [0, 0.1) is 6.92 Å². The molecule has 0 spiro atoms. The van der Waals surface area contributed by atoms with Crippen LogP contribution < -0.4 is 9.47 Å². The first-order valence-electron chi connectivity index (χ1n) is 6.19. The molecule has 0 amide bonds. The third kappa shape index (κ3) is 3.10. The number of hydrogen-bond acceptors (Lipinski definition) is 2. The monoisotopic (exact) mass is 354 g/mol. The Kier molecular flexibility index (Phi) is 4.95. The van der Waals surface area contributed by atoms with Crippen LogP contribution in [0.25, 0.3) is 0 Å². The summed E-state index contributed by atoms with van der Waals surface area (Å²) in [7, 11) is 3.30. The fourth-order valence-electron chi connectivity index (χ4n) is 2.01. The minimum Gasteiger partial charge on any atom is -0.497 e. The molecular weight excluding hydrogens is 340 g/mol. The van der Waals surface area contributed by atoms with Crippen LogP contribution in [0.15, 0.2) is 36.4 Å². The number of rotatable bonds is 4. The van der Waals surface area contributed by atoms with Crippen molar-refractivity contribution in [2.75, 3.05) is 14.2 Å². The summed E-state index contributed by atoms with van der Waals surface area (Å²) in [6.45, 7) is 2.02. The van der Waals surface area contributed by atoms with Gasteiger partial charge in [0.25, 0.3) is 0 Å². The summed E-state index contributed by atoms with van der Waals surface area (Å²) in [4.78, 5) is 0.00964. The summed E-state index contributed by atoms with van der Waals surface area (Å²) in [5, 5.41) is 0.672. The van der Waals surface area contributed by atoms with Crippen molar-refractivity contribution in [3.63, 3.8) is 0 Å². The van der Waals surface area contributed by atoms with Crippen molar-refractivity contribution in [2.45, 2.75) is 11.8 Å². The zero-order chi connectivity index (χ0) is 14.7. The van der Waals surface area contributed by atoms with Crippen LogP contribution in [-0.2, 0) is 0 Å². The van der Waals surface area contributed by atoms with Gasteiger partial charge in [0.05, 0.1) is 19.0 Å². The average molecular weight is 356 g/mol. The number of aryl methyl sites for hydroxylation is 1. The Bertz CT molecular complexity index is 613. The van der Waals surface area contributed by atoms with Crippen LogP contribution in [0.1, 0.15) is 21.5 Å². The van der Waals surface area contributed by atoms with Gasteiger partial charge in [0.2, 0.25) is 0 Å². The lowest BCUT2D eigenvalue weighted by atomic mass is 10.0. The van der Waals surface area contributed by atoms with E-state index in [2.05, 4.69) is 22.0 Å². The highest BCUT2D eigenvalue weighted by atomic mass is 79.9. The molecule has 0 saturated heterocycles. The average Bonchev–Trinajstić information content (AvgIpc) is 2.47. The highest BCUT2D eigenvalue weighted by Gasteiger charge is 2.15. The van der Waals surface area contributed by atoms with Gasteiger partial charge in [-0.1, -0.05) is 45.7 Å².